The van der Waals surface area contributed by atoms with Gasteiger partial charge in [-0.05, 0) is 31.0 Å². The molecule has 2 amide bonds. The van der Waals surface area contributed by atoms with E-state index in [9.17, 15) is 24.6 Å². The van der Waals surface area contributed by atoms with E-state index >= 15 is 0 Å². The molecule has 0 saturated heterocycles. The average Bonchev–Trinajstić information content (AvgIpc) is 2.50. The Balaban J connectivity index is 3.07. The van der Waals surface area contributed by atoms with E-state index in [1.54, 1.807) is 12.1 Å². The van der Waals surface area contributed by atoms with Crippen LogP contribution in [-0.4, -0.2) is 52.0 Å². The van der Waals surface area contributed by atoms with Crippen LogP contribution in [0.2, 0.25) is 0 Å². The van der Waals surface area contributed by atoms with Crippen molar-refractivity contribution in [3.05, 3.63) is 29.3 Å². The number of nitrogens with one attached hydrogen (secondary N) is 1. The number of rotatable bonds is 7. The number of aromatic hydroxyl groups is 1. The van der Waals surface area contributed by atoms with Crippen molar-refractivity contribution in [2.45, 2.75) is 33.2 Å². The first kappa shape index (κ1) is 18.5. The van der Waals surface area contributed by atoms with Gasteiger partial charge in [-0.1, -0.05) is 13.0 Å². The first-order chi connectivity index (χ1) is 10.8. The van der Waals surface area contributed by atoms with E-state index in [4.69, 9.17) is 0 Å². The molecule has 0 heterocycles. The van der Waals surface area contributed by atoms with Crippen molar-refractivity contribution in [2.75, 3.05) is 13.1 Å². The van der Waals surface area contributed by atoms with Crippen LogP contribution >= 0.6 is 0 Å². The third-order valence-corrected chi connectivity index (χ3v) is 3.51. The third kappa shape index (κ3) is 4.98. The second-order valence-electron chi connectivity index (χ2n) is 5.20. The van der Waals surface area contributed by atoms with Crippen LogP contribution in [0.25, 0.3) is 0 Å². The topological polar surface area (TPSA) is 107 Å². The van der Waals surface area contributed by atoms with Crippen molar-refractivity contribution < 1.29 is 24.6 Å². The summed E-state index contributed by atoms with van der Waals surface area (Å²) in [6.45, 7) is 4.79. The molecule has 0 aliphatic rings. The van der Waals surface area contributed by atoms with E-state index in [0.717, 1.165) is 10.5 Å². The maximum absolute atomic E-state index is 12.6. The monoisotopic (exact) mass is 322 g/mol. The van der Waals surface area contributed by atoms with Crippen molar-refractivity contribution in [3.8, 4) is 5.75 Å². The summed E-state index contributed by atoms with van der Waals surface area (Å²) in [5.74, 6) is -2.21. The van der Waals surface area contributed by atoms with Crippen LogP contribution in [0.5, 0.6) is 5.75 Å². The predicted molar refractivity (Wildman–Crippen MR) is 84.3 cm³/mol. The van der Waals surface area contributed by atoms with Crippen molar-refractivity contribution >= 4 is 17.8 Å². The van der Waals surface area contributed by atoms with E-state index < -0.39 is 17.9 Å². The zero-order valence-electron chi connectivity index (χ0n) is 13.5. The number of aliphatic carboxylic acids is 1. The molecule has 0 aromatic heterocycles. The fourth-order valence-corrected chi connectivity index (χ4v) is 2.09. The molecule has 1 atom stereocenters. The Hall–Kier alpha value is -2.57. The Kier molecular flexibility index (Phi) is 6.56. The van der Waals surface area contributed by atoms with Gasteiger partial charge >= 0.3 is 5.97 Å². The van der Waals surface area contributed by atoms with Crippen molar-refractivity contribution in [1.29, 1.82) is 0 Å². The lowest BCUT2D eigenvalue weighted by atomic mass is 10.1. The van der Waals surface area contributed by atoms with Gasteiger partial charge in [0.1, 0.15) is 11.8 Å². The highest BCUT2D eigenvalue weighted by molar-refractivity contribution is 5.99. The standard InChI is InChI=1S/C16H22N2O5/c1-4-12-5-6-14(20)13(9-12)15(21)18(10(2)16(22)23)8-7-17-11(3)19/h5-6,9-10,20H,4,7-8H2,1-3H3,(H,17,19)(H,22,23). The minimum atomic E-state index is -1.16. The Morgan fingerprint density at radius 3 is 2.48 bits per heavy atom. The molecule has 0 bridgehead atoms. The Morgan fingerprint density at radius 1 is 1.30 bits per heavy atom. The number of carboxylic acid groups (broad SMARTS) is 1. The number of carbonyl (C=O) groups is 3. The number of hydrogen-bond acceptors (Lipinski definition) is 4. The maximum atomic E-state index is 12.6. The number of benzene rings is 1. The Bertz CT molecular complexity index is 600. The number of phenols is 1. The first-order valence-corrected chi connectivity index (χ1v) is 7.38. The number of aryl methyl sites for hydroxylation is 1. The Morgan fingerprint density at radius 2 is 1.96 bits per heavy atom. The van der Waals surface area contributed by atoms with Crippen molar-refractivity contribution in [2.24, 2.45) is 0 Å². The largest absolute Gasteiger partial charge is 0.507 e. The minimum Gasteiger partial charge on any atom is -0.507 e. The van der Waals surface area contributed by atoms with E-state index in [1.165, 1.54) is 19.9 Å². The van der Waals surface area contributed by atoms with E-state index in [2.05, 4.69) is 5.32 Å². The van der Waals surface area contributed by atoms with Gasteiger partial charge in [0.15, 0.2) is 0 Å². The minimum absolute atomic E-state index is 0.0294. The summed E-state index contributed by atoms with van der Waals surface area (Å²) in [5.41, 5.74) is 0.913. The molecule has 0 aliphatic heterocycles. The summed E-state index contributed by atoms with van der Waals surface area (Å²) in [4.78, 5) is 35.9. The van der Waals surface area contributed by atoms with E-state index in [0.29, 0.717) is 6.42 Å². The fraction of sp³-hybridized carbons (Fsp3) is 0.438. The summed E-state index contributed by atoms with van der Waals surface area (Å²) in [6, 6.07) is 3.59. The SMILES string of the molecule is CCc1ccc(O)c(C(=O)N(CCNC(C)=O)C(C)C(=O)O)c1. The van der Waals surface area contributed by atoms with E-state index in [-0.39, 0.29) is 30.3 Å². The molecule has 0 aliphatic carbocycles. The zero-order valence-corrected chi connectivity index (χ0v) is 13.5. The normalized spacial score (nSPS) is 11.6. The first-order valence-electron chi connectivity index (χ1n) is 7.38. The smallest absolute Gasteiger partial charge is 0.326 e. The maximum Gasteiger partial charge on any atom is 0.326 e. The molecule has 1 rings (SSSR count). The number of amides is 2. The van der Waals surface area contributed by atoms with Crippen LogP contribution in [0, 0.1) is 0 Å². The lowest BCUT2D eigenvalue weighted by molar-refractivity contribution is -0.141. The quantitative estimate of drug-likeness (QED) is 0.694. The van der Waals surface area contributed by atoms with Gasteiger partial charge in [-0.2, -0.15) is 0 Å². The summed E-state index contributed by atoms with van der Waals surface area (Å²) in [7, 11) is 0. The fourth-order valence-electron chi connectivity index (χ4n) is 2.09. The van der Waals surface area contributed by atoms with Gasteiger partial charge in [0.2, 0.25) is 5.91 Å². The van der Waals surface area contributed by atoms with Gasteiger partial charge in [-0.3, -0.25) is 9.59 Å². The second-order valence-corrected chi connectivity index (χ2v) is 5.20. The molecule has 1 aromatic rings. The lowest BCUT2D eigenvalue weighted by Gasteiger charge is -2.27. The highest BCUT2D eigenvalue weighted by Gasteiger charge is 2.27. The zero-order chi connectivity index (χ0) is 17.6. The molecule has 7 heteroatoms. The van der Waals surface area contributed by atoms with Gasteiger partial charge in [-0.25, -0.2) is 4.79 Å². The van der Waals surface area contributed by atoms with Crippen molar-refractivity contribution in [1.82, 2.24) is 10.2 Å². The number of phenolic OH excluding ortho intramolecular Hbond substituents is 1. The van der Waals surface area contributed by atoms with Gasteiger partial charge in [-0.15, -0.1) is 0 Å². The van der Waals surface area contributed by atoms with E-state index in [1.807, 2.05) is 6.92 Å². The predicted octanol–water partition coefficient (Wildman–Crippen LogP) is 1.01. The number of hydrogen-bond donors (Lipinski definition) is 3. The molecule has 0 saturated carbocycles. The van der Waals surface area contributed by atoms with Crippen molar-refractivity contribution in [3.63, 3.8) is 0 Å². The summed E-state index contributed by atoms with van der Waals surface area (Å²) in [6.07, 6.45) is 0.681. The number of carbonyl (C=O) groups excluding carboxylic acids is 2. The molecule has 0 radical (unpaired) electrons. The molecule has 3 N–H and O–H groups in total. The van der Waals surface area contributed by atoms with Gasteiger partial charge in [0.25, 0.3) is 5.91 Å². The molecule has 0 spiro atoms. The van der Waals surface area contributed by atoms with Crippen LogP contribution in [-0.2, 0) is 16.0 Å². The molecule has 1 unspecified atom stereocenters. The summed E-state index contributed by atoms with van der Waals surface area (Å²) in [5, 5.41) is 21.6. The highest BCUT2D eigenvalue weighted by Crippen LogP contribution is 2.21. The molecule has 1 aromatic carbocycles. The van der Waals surface area contributed by atoms with Gasteiger partial charge in [0, 0.05) is 20.0 Å². The molecule has 0 fully saturated rings. The van der Waals surface area contributed by atoms with Gasteiger partial charge in [0.05, 0.1) is 5.56 Å². The van der Waals surface area contributed by atoms with Gasteiger partial charge < -0.3 is 20.4 Å². The molecule has 7 nitrogen and oxygen atoms in total. The summed E-state index contributed by atoms with van der Waals surface area (Å²) >= 11 is 0. The molecular weight excluding hydrogens is 300 g/mol. The van der Waals surface area contributed by atoms with Crippen LogP contribution in [0.4, 0.5) is 0 Å². The van der Waals surface area contributed by atoms with Crippen LogP contribution in [0.1, 0.15) is 36.7 Å². The Labute approximate surface area is 134 Å². The molecule has 126 valence electrons. The third-order valence-electron chi connectivity index (χ3n) is 3.51. The van der Waals surface area contributed by atoms with Crippen LogP contribution in [0.15, 0.2) is 18.2 Å². The molecular formula is C16H22N2O5. The summed E-state index contributed by atoms with van der Waals surface area (Å²) < 4.78 is 0. The molecule has 23 heavy (non-hydrogen) atoms. The number of nitrogens with zero attached hydrogens (tertiary/aromatic N) is 1. The van der Waals surface area contributed by atoms with Crippen LogP contribution in [0.3, 0.4) is 0 Å². The highest BCUT2D eigenvalue weighted by atomic mass is 16.4. The van der Waals surface area contributed by atoms with Crippen LogP contribution < -0.4 is 5.32 Å². The second kappa shape index (κ2) is 8.17. The average molecular weight is 322 g/mol. The number of carboxylic acids is 1. The lowest BCUT2D eigenvalue weighted by Crippen LogP contribution is -2.46.